The van der Waals surface area contributed by atoms with E-state index in [1.165, 1.54) is 18.6 Å². The van der Waals surface area contributed by atoms with Gasteiger partial charge in [0.1, 0.15) is 0 Å². The zero-order valence-electron chi connectivity index (χ0n) is 17.3. The lowest BCUT2D eigenvalue weighted by atomic mass is 9.87. The van der Waals surface area contributed by atoms with E-state index >= 15 is 0 Å². The van der Waals surface area contributed by atoms with E-state index in [9.17, 15) is 18.0 Å². The standard InChI is InChI=1S/C22H31N3O4S/c26-21(17-7-4-8-20(15-17)30(28,29)24-19-9-10-19)23-18-11-13-25(14-12-18)22(27)16-5-2-1-3-6-16/h4,7-8,15-16,18-19,24H,1-3,5-6,9-14H2,(H,23,26). The van der Waals surface area contributed by atoms with Crippen molar-refractivity contribution in [3.63, 3.8) is 0 Å². The Hall–Kier alpha value is -1.93. The second-order valence-electron chi connectivity index (χ2n) is 8.83. The SMILES string of the molecule is O=C(NC1CCN(C(=O)C2CCCCC2)CC1)c1cccc(S(=O)(=O)NC2CC2)c1. The number of amides is 2. The first-order chi connectivity index (χ1) is 14.4. The average Bonchev–Trinajstić information content (AvgIpc) is 3.58. The van der Waals surface area contributed by atoms with Crippen LogP contribution in [0.15, 0.2) is 29.2 Å². The normalized spacial score (nSPS) is 21.4. The van der Waals surface area contributed by atoms with Crippen LogP contribution in [0, 0.1) is 5.92 Å². The van der Waals surface area contributed by atoms with Crippen molar-refractivity contribution in [1.82, 2.24) is 14.9 Å². The van der Waals surface area contributed by atoms with Gasteiger partial charge in [0, 0.05) is 36.7 Å². The number of sulfonamides is 1. The third-order valence-corrected chi connectivity index (χ3v) is 7.92. The summed E-state index contributed by atoms with van der Waals surface area (Å²) < 4.78 is 27.4. The molecule has 2 N–H and O–H groups in total. The lowest BCUT2D eigenvalue weighted by molar-refractivity contribution is -0.137. The van der Waals surface area contributed by atoms with Gasteiger partial charge in [-0.25, -0.2) is 13.1 Å². The van der Waals surface area contributed by atoms with Crippen molar-refractivity contribution in [3.8, 4) is 0 Å². The number of rotatable bonds is 6. The Balaban J connectivity index is 1.30. The van der Waals surface area contributed by atoms with Gasteiger partial charge in [-0.2, -0.15) is 0 Å². The Morgan fingerprint density at radius 1 is 0.900 bits per heavy atom. The molecule has 2 aliphatic carbocycles. The largest absolute Gasteiger partial charge is 0.349 e. The van der Waals surface area contributed by atoms with Crippen LogP contribution in [0.1, 0.15) is 68.1 Å². The van der Waals surface area contributed by atoms with Crippen LogP contribution in [-0.2, 0) is 14.8 Å². The van der Waals surface area contributed by atoms with Crippen LogP contribution >= 0.6 is 0 Å². The van der Waals surface area contributed by atoms with Crippen molar-refractivity contribution in [2.75, 3.05) is 13.1 Å². The lowest BCUT2D eigenvalue weighted by Gasteiger charge is -2.35. The predicted molar refractivity (Wildman–Crippen MR) is 113 cm³/mol. The van der Waals surface area contributed by atoms with E-state index in [-0.39, 0.29) is 34.7 Å². The molecular formula is C22H31N3O4S. The maximum atomic E-state index is 12.7. The minimum atomic E-state index is -3.59. The van der Waals surface area contributed by atoms with Crippen LogP contribution in [0.25, 0.3) is 0 Å². The minimum absolute atomic E-state index is 0.00208. The summed E-state index contributed by atoms with van der Waals surface area (Å²) in [7, 11) is -3.59. The van der Waals surface area contributed by atoms with Gasteiger partial charge in [-0.1, -0.05) is 25.3 Å². The molecule has 0 unspecified atom stereocenters. The summed E-state index contributed by atoms with van der Waals surface area (Å²) in [6, 6.07) is 6.19. The van der Waals surface area contributed by atoms with Gasteiger partial charge in [0.2, 0.25) is 15.9 Å². The number of nitrogens with one attached hydrogen (secondary N) is 2. The smallest absolute Gasteiger partial charge is 0.251 e. The molecule has 1 aromatic carbocycles. The van der Waals surface area contributed by atoms with Crippen LogP contribution < -0.4 is 10.0 Å². The summed E-state index contributed by atoms with van der Waals surface area (Å²) in [4.78, 5) is 27.4. The monoisotopic (exact) mass is 433 g/mol. The van der Waals surface area contributed by atoms with E-state index in [0.29, 0.717) is 18.7 Å². The second-order valence-corrected chi connectivity index (χ2v) is 10.5. The average molecular weight is 434 g/mol. The molecule has 3 aliphatic rings. The van der Waals surface area contributed by atoms with Gasteiger partial charge in [0.05, 0.1) is 4.90 Å². The van der Waals surface area contributed by atoms with Crippen LogP contribution in [-0.4, -0.2) is 50.3 Å². The van der Waals surface area contributed by atoms with Crippen molar-refractivity contribution in [2.45, 2.75) is 74.8 Å². The molecule has 2 saturated carbocycles. The Morgan fingerprint density at radius 2 is 1.60 bits per heavy atom. The van der Waals surface area contributed by atoms with E-state index in [2.05, 4.69) is 10.0 Å². The van der Waals surface area contributed by atoms with Crippen LogP contribution in [0.3, 0.4) is 0 Å². The van der Waals surface area contributed by atoms with E-state index in [0.717, 1.165) is 51.4 Å². The molecule has 0 atom stereocenters. The fourth-order valence-corrected chi connectivity index (χ4v) is 5.76. The van der Waals surface area contributed by atoms with Crippen LogP contribution in [0.4, 0.5) is 0 Å². The molecule has 7 nitrogen and oxygen atoms in total. The Kier molecular flexibility index (Phi) is 6.43. The zero-order valence-corrected chi connectivity index (χ0v) is 18.1. The molecule has 1 saturated heterocycles. The number of hydrogen-bond acceptors (Lipinski definition) is 4. The number of benzene rings is 1. The van der Waals surface area contributed by atoms with Crippen LogP contribution in [0.5, 0.6) is 0 Å². The highest BCUT2D eigenvalue weighted by Gasteiger charge is 2.30. The molecule has 8 heteroatoms. The van der Waals surface area contributed by atoms with Gasteiger partial charge >= 0.3 is 0 Å². The molecule has 4 rings (SSSR count). The molecule has 164 valence electrons. The van der Waals surface area contributed by atoms with Gasteiger partial charge < -0.3 is 10.2 Å². The molecule has 0 aromatic heterocycles. The summed E-state index contributed by atoms with van der Waals surface area (Å²) in [5.41, 5.74) is 0.342. The zero-order chi connectivity index (χ0) is 21.1. The van der Waals surface area contributed by atoms with E-state index < -0.39 is 10.0 Å². The number of piperidine rings is 1. The summed E-state index contributed by atoms with van der Waals surface area (Å²) in [5.74, 6) is 0.190. The molecule has 3 fully saturated rings. The molecule has 2 amide bonds. The molecule has 0 bridgehead atoms. The van der Waals surface area contributed by atoms with Crippen molar-refractivity contribution in [2.24, 2.45) is 5.92 Å². The van der Waals surface area contributed by atoms with Crippen molar-refractivity contribution >= 4 is 21.8 Å². The predicted octanol–water partition coefficient (Wildman–Crippen LogP) is 2.43. The van der Waals surface area contributed by atoms with E-state index in [1.807, 2.05) is 4.90 Å². The van der Waals surface area contributed by atoms with Gasteiger partial charge in [-0.3, -0.25) is 9.59 Å². The van der Waals surface area contributed by atoms with E-state index in [4.69, 9.17) is 0 Å². The molecule has 1 heterocycles. The maximum Gasteiger partial charge on any atom is 0.251 e. The van der Waals surface area contributed by atoms with E-state index in [1.54, 1.807) is 12.1 Å². The van der Waals surface area contributed by atoms with Gasteiger partial charge in [-0.15, -0.1) is 0 Å². The van der Waals surface area contributed by atoms with Gasteiger partial charge in [-0.05, 0) is 56.7 Å². The number of carbonyl (C=O) groups excluding carboxylic acids is 2. The summed E-state index contributed by atoms with van der Waals surface area (Å²) in [6.07, 6.45) is 8.72. The molecule has 1 aliphatic heterocycles. The lowest BCUT2D eigenvalue weighted by Crippen LogP contribution is -2.48. The Labute approximate surface area is 178 Å². The summed E-state index contributed by atoms with van der Waals surface area (Å²) >= 11 is 0. The molecule has 30 heavy (non-hydrogen) atoms. The highest BCUT2D eigenvalue weighted by molar-refractivity contribution is 7.89. The molecular weight excluding hydrogens is 402 g/mol. The van der Waals surface area contributed by atoms with Crippen molar-refractivity contribution in [3.05, 3.63) is 29.8 Å². The Morgan fingerprint density at radius 3 is 2.27 bits per heavy atom. The topological polar surface area (TPSA) is 95.6 Å². The number of nitrogens with zero attached hydrogens (tertiary/aromatic N) is 1. The third kappa shape index (κ3) is 5.21. The summed E-state index contributed by atoms with van der Waals surface area (Å²) in [6.45, 7) is 1.33. The van der Waals surface area contributed by atoms with Crippen LogP contribution in [0.2, 0.25) is 0 Å². The van der Waals surface area contributed by atoms with Crippen molar-refractivity contribution < 1.29 is 18.0 Å². The second kappa shape index (κ2) is 9.06. The third-order valence-electron chi connectivity index (χ3n) is 6.40. The summed E-state index contributed by atoms with van der Waals surface area (Å²) in [5, 5.41) is 3.01. The molecule has 0 radical (unpaired) electrons. The Bertz CT molecular complexity index is 883. The highest BCUT2D eigenvalue weighted by Crippen LogP contribution is 2.27. The molecule has 1 aromatic rings. The van der Waals surface area contributed by atoms with Gasteiger partial charge in [0.25, 0.3) is 5.91 Å². The van der Waals surface area contributed by atoms with Gasteiger partial charge in [0.15, 0.2) is 0 Å². The first-order valence-electron chi connectivity index (χ1n) is 11.1. The maximum absolute atomic E-state index is 12.7. The highest BCUT2D eigenvalue weighted by atomic mass is 32.2. The van der Waals surface area contributed by atoms with Crippen molar-refractivity contribution in [1.29, 1.82) is 0 Å². The minimum Gasteiger partial charge on any atom is -0.349 e. The number of hydrogen-bond donors (Lipinski definition) is 2. The number of likely N-dealkylation sites (tertiary alicyclic amines) is 1. The fourth-order valence-electron chi connectivity index (χ4n) is 4.41. The molecule has 0 spiro atoms. The first kappa shape index (κ1) is 21.3. The quantitative estimate of drug-likeness (QED) is 0.720. The first-order valence-corrected chi connectivity index (χ1v) is 12.6. The number of carbonyl (C=O) groups is 2. The fraction of sp³-hybridized carbons (Fsp3) is 0.636.